The summed E-state index contributed by atoms with van der Waals surface area (Å²) in [6, 6.07) is -1.29. The third-order valence-corrected chi connectivity index (χ3v) is 1.86. The number of methoxy groups -OCH3 is 1. The first kappa shape index (κ1) is 15.8. The lowest BCUT2D eigenvalue weighted by molar-refractivity contribution is -0.151. The second kappa shape index (κ2) is 7.22. The van der Waals surface area contributed by atoms with Gasteiger partial charge in [0.2, 0.25) is 5.91 Å². The number of ether oxygens (including phenoxy) is 1. The summed E-state index contributed by atoms with van der Waals surface area (Å²) in [6.07, 6.45) is -1.20. The molecule has 0 aliphatic rings. The topological polar surface area (TPSA) is 142 Å². The normalized spacial score (nSPS) is 13.1. The Bertz CT molecular complexity index is 353. The van der Waals surface area contributed by atoms with Crippen molar-refractivity contribution < 1.29 is 34.1 Å². The second-order valence-corrected chi connectivity index (χ2v) is 3.30. The van der Waals surface area contributed by atoms with E-state index in [2.05, 4.69) is 10.1 Å². The van der Waals surface area contributed by atoms with Crippen molar-refractivity contribution in [1.29, 1.82) is 0 Å². The summed E-state index contributed by atoms with van der Waals surface area (Å²) in [5.41, 5.74) is 0. The number of esters is 1. The maximum atomic E-state index is 11.3. The highest BCUT2D eigenvalue weighted by Gasteiger charge is 2.26. The van der Waals surface area contributed by atoms with E-state index in [1.165, 1.54) is 6.92 Å². The smallest absolute Gasteiger partial charge is 0.394 e. The van der Waals surface area contributed by atoms with Gasteiger partial charge >= 0.3 is 17.8 Å². The molecule has 0 aromatic carbocycles. The van der Waals surface area contributed by atoms with E-state index >= 15 is 0 Å². The number of rotatable bonds is 5. The van der Waals surface area contributed by atoms with Crippen molar-refractivity contribution in [1.82, 2.24) is 10.6 Å². The first-order chi connectivity index (χ1) is 8.29. The fourth-order valence-corrected chi connectivity index (χ4v) is 0.964. The first-order valence-corrected chi connectivity index (χ1v) is 4.86. The van der Waals surface area contributed by atoms with Gasteiger partial charge in [0.1, 0.15) is 0 Å². The van der Waals surface area contributed by atoms with E-state index in [0.717, 1.165) is 7.11 Å². The van der Waals surface area contributed by atoms with Crippen molar-refractivity contribution in [3.8, 4) is 0 Å². The molecule has 0 spiro atoms. The van der Waals surface area contributed by atoms with Crippen molar-refractivity contribution in [3.63, 3.8) is 0 Å². The van der Waals surface area contributed by atoms with Crippen LogP contribution in [0, 0.1) is 0 Å². The first-order valence-electron chi connectivity index (χ1n) is 4.86. The zero-order valence-electron chi connectivity index (χ0n) is 9.80. The molecule has 0 fully saturated rings. The number of nitrogens with one attached hydrogen (secondary N) is 2. The number of carboxylic acids is 1. The van der Waals surface area contributed by atoms with Gasteiger partial charge in [-0.3, -0.25) is 9.59 Å². The van der Waals surface area contributed by atoms with Crippen LogP contribution in [-0.2, 0) is 23.9 Å². The van der Waals surface area contributed by atoms with E-state index in [4.69, 9.17) is 5.11 Å². The zero-order chi connectivity index (χ0) is 14.3. The average molecular weight is 262 g/mol. The van der Waals surface area contributed by atoms with Crippen molar-refractivity contribution in [3.05, 3.63) is 0 Å². The molecular weight excluding hydrogens is 248 g/mol. The Labute approximate surface area is 102 Å². The Kier molecular flexibility index (Phi) is 6.35. The van der Waals surface area contributed by atoms with Crippen LogP contribution in [0.5, 0.6) is 0 Å². The molecule has 0 heterocycles. The number of amides is 2. The molecule has 0 saturated heterocycles. The Morgan fingerprint density at radius 3 is 2.22 bits per heavy atom. The summed E-state index contributed by atoms with van der Waals surface area (Å²) in [5, 5.41) is 21.4. The Balaban J connectivity index is 4.31. The van der Waals surface area contributed by atoms with Crippen molar-refractivity contribution in [2.75, 3.05) is 13.7 Å². The summed E-state index contributed by atoms with van der Waals surface area (Å²) in [6.45, 7) is 0.628. The van der Waals surface area contributed by atoms with E-state index in [0.29, 0.717) is 0 Å². The van der Waals surface area contributed by atoms with Crippen LogP contribution in [0.15, 0.2) is 0 Å². The minimum absolute atomic E-state index is 0.634. The summed E-state index contributed by atoms with van der Waals surface area (Å²) in [7, 11) is 1.08. The lowest BCUT2D eigenvalue weighted by atomic mass is 10.2. The van der Waals surface area contributed by atoms with Crippen LogP contribution in [0.1, 0.15) is 6.92 Å². The predicted molar refractivity (Wildman–Crippen MR) is 56.3 cm³/mol. The minimum Gasteiger partial charge on any atom is -0.474 e. The maximum absolute atomic E-state index is 11.3. The van der Waals surface area contributed by atoms with Crippen LogP contribution in [-0.4, -0.2) is 59.8 Å². The molecule has 2 atom stereocenters. The number of carbonyl (C=O) groups excluding carboxylic acids is 3. The summed E-state index contributed by atoms with van der Waals surface area (Å²) < 4.78 is 4.34. The van der Waals surface area contributed by atoms with Gasteiger partial charge in [0.15, 0.2) is 6.04 Å². The molecule has 1 unspecified atom stereocenters. The molecule has 9 heteroatoms. The Hall–Kier alpha value is -2.16. The molecule has 0 aromatic heterocycles. The van der Waals surface area contributed by atoms with E-state index in [9.17, 15) is 24.3 Å². The van der Waals surface area contributed by atoms with Crippen LogP contribution in [0.25, 0.3) is 0 Å². The minimum atomic E-state index is -1.73. The number of carboxylic acid groups (broad SMARTS) is 1. The summed E-state index contributed by atoms with van der Waals surface area (Å²) in [4.78, 5) is 43.2. The number of hydrogen-bond acceptors (Lipinski definition) is 6. The molecule has 4 N–H and O–H groups in total. The van der Waals surface area contributed by atoms with Gasteiger partial charge in [0, 0.05) is 0 Å². The SMILES string of the molecule is COC(=O)C(NC(=O)CNC(=O)C(=O)O)[C@@H](C)O. The number of aliphatic carboxylic acids is 1. The Morgan fingerprint density at radius 1 is 1.28 bits per heavy atom. The second-order valence-electron chi connectivity index (χ2n) is 3.30. The van der Waals surface area contributed by atoms with Gasteiger partial charge in [-0.1, -0.05) is 0 Å². The number of carbonyl (C=O) groups is 4. The highest BCUT2D eigenvalue weighted by atomic mass is 16.5. The molecule has 0 radical (unpaired) electrons. The molecule has 0 aliphatic carbocycles. The molecule has 9 nitrogen and oxygen atoms in total. The number of hydrogen-bond donors (Lipinski definition) is 4. The number of aliphatic hydroxyl groups is 1. The quantitative estimate of drug-likeness (QED) is 0.310. The van der Waals surface area contributed by atoms with Gasteiger partial charge < -0.3 is 25.6 Å². The fraction of sp³-hybridized carbons (Fsp3) is 0.556. The van der Waals surface area contributed by atoms with Crippen molar-refractivity contribution in [2.45, 2.75) is 19.1 Å². The standard InChI is InChI=1S/C9H14N2O7/c1-4(12)6(9(17)18-2)11-5(13)3-10-7(14)8(15)16/h4,6,12H,3H2,1-2H3,(H,10,14)(H,11,13)(H,15,16)/t4-,6?/m1/s1. The predicted octanol–water partition coefficient (Wildman–Crippen LogP) is -2.77. The third kappa shape index (κ3) is 5.25. The van der Waals surface area contributed by atoms with Crippen LogP contribution in [0.4, 0.5) is 0 Å². The van der Waals surface area contributed by atoms with Gasteiger partial charge in [-0.2, -0.15) is 0 Å². The van der Waals surface area contributed by atoms with Crippen molar-refractivity contribution in [2.24, 2.45) is 0 Å². The monoisotopic (exact) mass is 262 g/mol. The molecular formula is C9H14N2O7. The van der Waals surface area contributed by atoms with Crippen LogP contribution >= 0.6 is 0 Å². The molecule has 18 heavy (non-hydrogen) atoms. The molecule has 0 aliphatic heterocycles. The Morgan fingerprint density at radius 2 is 1.83 bits per heavy atom. The zero-order valence-corrected chi connectivity index (χ0v) is 9.80. The van der Waals surface area contributed by atoms with Gasteiger partial charge in [0.05, 0.1) is 19.8 Å². The van der Waals surface area contributed by atoms with Crippen LogP contribution in [0.2, 0.25) is 0 Å². The molecule has 0 aromatic rings. The van der Waals surface area contributed by atoms with Gasteiger partial charge in [-0.15, -0.1) is 0 Å². The van der Waals surface area contributed by atoms with E-state index in [1.54, 1.807) is 5.32 Å². The third-order valence-electron chi connectivity index (χ3n) is 1.86. The van der Waals surface area contributed by atoms with Crippen LogP contribution < -0.4 is 10.6 Å². The lowest BCUT2D eigenvalue weighted by Crippen LogP contribution is -2.51. The van der Waals surface area contributed by atoms with Crippen LogP contribution in [0.3, 0.4) is 0 Å². The summed E-state index contributed by atoms with van der Waals surface area (Å²) in [5.74, 6) is -4.77. The molecule has 102 valence electrons. The maximum Gasteiger partial charge on any atom is 0.394 e. The number of aliphatic hydroxyl groups excluding tert-OH is 1. The van der Waals surface area contributed by atoms with E-state index < -0.39 is 42.4 Å². The largest absolute Gasteiger partial charge is 0.474 e. The summed E-state index contributed by atoms with van der Waals surface area (Å²) >= 11 is 0. The molecule has 0 rings (SSSR count). The average Bonchev–Trinajstić information content (AvgIpc) is 2.31. The van der Waals surface area contributed by atoms with E-state index in [1.807, 2.05) is 0 Å². The van der Waals surface area contributed by atoms with Gasteiger partial charge in [-0.05, 0) is 6.92 Å². The van der Waals surface area contributed by atoms with Crippen molar-refractivity contribution >= 4 is 23.8 Å². The van der Waals surface area contributed by atoms with Gasteiger partial charge in [-0.25, -0.2) is 9.59 Å². The highest BCUT2D eigenvalue weighted by Crippen LogP contribution is 1.95. The van der Waals surface area contributed by atoms with E-state index in [-0.39, 0.29) is 0 Å². The molecule has 0 bridgehead atoms. The van der Waals surface area contributed by atoms with Gasteiger partial charge in [0.25, 0.3) is 0 Å². The molecule has 0 saturated carbocycles. The molecule has 2 amide bonds. The fourth-order valence-electron chi connectivity index (χ4n) is 0.964. The highest BCUT2D eigenvalue weighted by molar-refractivity contribution is 6.31. The lowest BCUT2D eigenvalue weighted by Gasteiger charge is -2.18.